The van der Waals surface area contributed by atoms with Gasteiger partial charge in [-0.3, -0.25) is 14.4 Å². The van der Waals surface area contributed by atoms with Gasteiger partial charge in [-0.15, -0.1) is 31.1 Å². The lowest BCUT2D eigenvalue weighted by Crippen LogP contribution is -2.60. The Kier molecular flexibility index (Phi) is 33.1. The van der Waals surface area contributed by atoms with E-state index in [0.29, 0.717) is 11.1 Å². The fourth-order valence-corrected chi connectivity index (χ4v) is 19.1. The van der Waals surface area contributed by atoms with Crippen LogP contribution in [0.5, 0.6) is 51.7 Å². The van der Waals surface area contributed by atoms with Gasteiger partial charge in [0.05, 0.1) is 108 Å². The van der Waals surface area contributed by atoms with Crippen molar-refractivity contribution >= 4 is 74.4 Å². The first-order chi connectivity index (χ1) is 66.9. The van der Waals surface area contributed by atoms with E-state index in [4.69, 9.17) is 85.0 Å². The molecule has 19 atom stereocenters. The zero-order chi connectivity index (χ0) is 98.8. The molecule has 2 aromatic heterocycles. The minimum Gasteiger partial charge on any atom is -0.493 e. The highest BCUT2D eigenvalue weighted by Crippen LogP contribution is 2.47. The summed E-state index contributed by atoms with van der Waals surface area (Å²) >= 11 is 2.76. The number of benzene rings is 6. The number of aliphatic hydroxyl groups excluding tert-OH is 14. The van der Waals surface area contributed by atoms with Crippen LogP contribution in [0.2, 0.25) is 0 Å². The molecule has 748 valence electrons. The Morgan fingerprint density at radius 1 is 0.475 bits per heavy atom. The first-order valence-electron chi connectivity index (χ1n) is 43.6. The van der Waals surface area contributed by atoms with Gasteiger partial charge in [-0.25, -0.2) is 19.4 Å². The summed E-state index contributed by atoms with van der Waals surface area (Å²) < 4.78 is 129. The van der Waals surface area contributed by atoms with Crippen LogP contribution in [-0.4, -0.2) is 335 Å². The average Bonchev–Trinajstić information content (AvgIpc) is 1.60. The summed E-state index contributed by atoms with van der Waals surface area (Å²) in [6.45, 7) is -3.56. The second-order valence-electron chi connectivity index (χ2n) is 32.9. The van der Waals surface area contributed by atoms with Crippen molar-refractivity contribution in [3.63, 3.8) is 0 Å². The number of anilines is 2. The maximum Gasteiger partial charge on any atom is 0.501 e. The van der Waals surface area contributed by atoms with Crippen molar-refractivity contribution in [3.8, 4) is 51.7 Å². The number of aliphatic hydroxyl groups is 14. The monoisotopic (exact) mass is 2000 g/mol. The molecule has 0 saturated carbocycles. The summed E-state index contributed by atoms with van der Waals surface area (Å²) in [6.07, 6.45) is -31.1. The molecular formula is C90H102N8O38S3. The van der Waals surface area contributed by atoms with Crippen LogP contribution in [0.4, 0.5) is 21.0 Å². The first-order valence-corrected chi connectivity index (χ1v) is 46.7. The van der Waals surface area contributed by atoms with E-state index < -0.39 is 220 Å². The molecule has 2 unspecified atom stereocenters. The Morgan fingerprint density at radius 2 is 0.906 bits per heavy atom. The lowest BCUT2D eigenvalue weighted by Gasteiger charge is -2.39. The molecule has 7 aliphatic rings. The summed E-state index contributed by atoms with van der Waals surface area (Å²) in [5, 5.41) is 157. The molecule has 6 aromatic carbocycles. The number of amides is 5. The van der Waals surface area contributed by atoms with Gasteiger partial charge in [-0.05, 0) is 135 Å². The van der Waals surface area contributed by atoms with Gasteiger partial charge < -0.3 is 166 Å². The molecule has 49 heteroatoms. The summed E-state index contributed by atoms with van der Waals surface area (Å²) in [4.78, 5) is 84.8. The van der Waals surface area contributed by atoms with Crippen LogP contribution in [0, 0.1) is 0 Å². The number of fused-ring (bicyclic) bond motifs is 6. The van der Waals surface area contributed by atoms with Gasteiger partial charge in [0.25, 0.3) is 17.7 Å². The molecule has 0 aliphatic carbocycles. The summed E-state index contributed by atoms with van der Waals surface area (Å²) in [6, 6.07) is 25.1. The Balaban J connectivity index is 0.747. The molecule has 7 aliphatic heterocycles. The Bertz CT molecular complexity index is 5560. The Labute approximate surface area is 800 Å². The molecule has 0 bridgehead atoms. The molecule has 9 heterocycles. The van der Waals surface area contributed by atoms with Crippen LogP contribution in [0.3, 0.4) is 0 Å². The Hall–Kier alpha value is -11.7. The number of hydrogen-bond donors (Lipinski definition) is 14. The number of ether oxygens (including phenoxy) is 15. The minimum absolute atomic E-state index is 0.00822. The molecule has 0 radical (unpaired) electrons. The van der Waals surface area contributed by atoms with Gasteiger partial charge in [0, 0.05) is 78.4 Å². The molecule has 0 spiro atoms. The largest absolute Gasteiger partial charge is 0.501 e. The maximum atomic E-state index is 15.2. The highest BCUT2D eigenvalue weighted by Gasteiger charge is 2.52. The smallest absolute Gasteiger partial charge is 0.493 e. The average molecular weight is 2000 g/mol. The van der Waals surface area contributed by atoms with Crippen LogP contribution in [-0.2, 0) is 101 Å². The van der Waals surface area contributed by atoms with E-state index in [1.807, 2.05) is 22.9 Å². The molecule has 46 nitrogen and oxygen atoms in total. The predicted octanol–water partition coefficient (Wildman–Crippen LogP) is 1.74. The van der Waals surface area contributed by atoms with Gasteiger partial charge in [-0.1, -0.05) is 29.4 Å². The maximum absolute atomic E-state index is 15.2. The zero-order valence-electron chi connectivity index (χ0n) is 74.5. The molecule has 14 N–H and O–H groups in total. The van der Waals surface area contributed by atoms with Crippen LogP contribution < -0.4 is 51.3 Å². The lowest BCUT2D eigenvalue weighted by atomic mass is 9.99. The molecule has 15 rings (SSSR count). The van der Waals surface area contributed by atoms with Crippen molar-refractivity contribution in [1.82, 2.24) is 14.7 Å². The van der Waals surface area contributed by atoms with E-state index in [0.717, 1.165) is 42.8 Å². The van der Waals surface area contributed by atoms with Crippen molar-refractivity contribution in [2.45, 2.75) is 169 Å². The second-order valence-corrected chi connectivity index (χ2v) is 36.1. The van der Waals surface area contributed by atoms with E-state index in [1.54, 1.807) is 0 Å². The van der Waals surface area contributed by atoms with E-state index in [2.05, 4.69) is 10.0 Å². The lowest BCUT2D eigenvalue weighted by molar-refractivity contribution is -0.277. The number of carbonyl (C=O) groups excluding carboxylic acids is 5. The Morgan fingerprint density at radius 3 is 1.34 bits per heavy atom. The number of nitrogens with zero attached hydrogens (tertiary/aromatic N) is 8. The third-order valence-electron chi connectivity index (χ3n) is 23.9. The number of rotatable bonds is 38. The van der Waals surface area contributed by atoms with E-state index in [9.17, 15) is 84.7 Å². The normalized spacial score (nSPS) is 25.4. The van der Waals surface area contributed by atoms with Crippen LogP contribution >= 0.6 is 22.7 Å². The SMILES string of the molecule is COc1cc2c(cc1OCc1cc(COc3cc4c(cc3OC)C(=O)N3Cc5ccsc5C[C@H]3C(O)N4C(=O)OCc3ccc(O[C@@H]4O[C@H](CO)[C@H](O)[C@H](O)[C@H]4O)cc3)cc(OS(=O)(=O)Oc3cc(C(=O)N(C)CCOCCOCCOCCN=[N+]=[N-])ccc3O[C@@H]3O[C@H](CO)[C@H](O)[C@H](O)[C@H]3O)c1)N(C(=O)OCc1ccc(O[C@@H]3O[C@H](CO)[C@H](O)[C@H](O)[C@H]3O)cc1)C(O)[C@@H]1Cc3sccc3CN1C2=O. The van der Waals surface area contributed by atoms with Crippen molar-refractivity contribution < 1.29 is 183 Å². The van der Waals surface area contributed by atoms with Crippen LogP contribution in [0.1, 0.15) is 74.2 Å². The molecule has 3 saturated heterocycles. The number of azide groups is 1. The summed E-state index contributed by atoms with van der Waals surface area (Å²) in [5.41, 5.74) is 9.71. The molecule has 139 heavy (non-hydrogen) atoms. The topological polar surface area (TPSA) is 625 Å². The number of carbonyl (C=O) groups is 5. The van der Waals surface area contributed by atoms with E-state index >= 15 is 19.2 Å². The molecule has 8 aromatic rings. The fraction of sp³-hybridized carbons (Fsp3) is 0.456. The van der Waals surface area contributed by atoms with Crippen molar-refractivity contribution in [2.75, 3.05) is 104 Å². The van der Waals surface area contributed by atoms with Gasteiger partial charge in [0.2, 0.25) is 18.9 Å². The van der Waals surface area contributed by atoms with Gasteiger partial charge in [0.15, 0.2) is 47.0 Å². The number of thiophene rings is 2. The number of hydrogen-bond acceptors (Lipinski definition) is 41. The summed E-state index contributed by atoms with van der Waals surface area (Å²) in [5.74, 6) is -4.51. The highest BCUT2D eigenvalue weighted by atomic mass is 32.3. The van der Waals surface area contributed by atoms with Crippen LogP contribution in [0.25, 0.3) is 10.4 Å². The molecule has 3 fully saturated rings. The van der Waals surface area contributed by atoms with E-state index in [1.165, 1.54) is 156 Å². The van der Waals surface area contributed by atoms with E-state index in [-0.39, 0.29) is 152 Å². The second kappa shape index (κ2) is 45.3. The number of likely N-dealkylation sites (N-methyl/N-ethyl adjacent to an activating group) is 1. The predicted molar refractivity (Wildman–Crippen MR) is 478 cm³/mol. The third-order valence-corrected chi connectivity index (χ3v) is 26.7. The highest BCUT2D eigenvalue weighted by molar-refractivity contribution is 7.82. The van der Waals surface area contributed by atoms with Gasteiger partial charge in [0.1, 0.15) is 117 Å². The zero-order valence-corrected chi connectivity index (χ0v) is 76.9. The minimum atomic E-state index is -5.60. The molecular weight excluding hydrogens is 1900 g/mol. The van der Waals surface area contributed by atoms with Gasteiger partial charge in [-0.2, -0.15) is 0 Å². The number of methoxy groups -OCH3 is 2. The summed E-state index contributed by atoms with van der Waals surface area (Å²) in [7, 11) is -1.68. The van der Waals surface area contributed by atoms with Crippen molar-refractivity contribution in [2.24, 2.45) is 5.11 Å². The van der Waals surface area contributed by atoms with Crippen molar-refractivity contribution in [1.29, 1.82) is 0 Å². The van der Waals surface area contributed by atoms with Crippen LogP contribution in [0.15, 0.2) is 137 Å². The van der Waals surface area contributed by atoms with Gasteiger partial charge >= 0.3 is 22.6 Å². The molecule has 5 amide bonds. The first kappa shape index (κ1) is 102. The standard InChI is InChI=1S/C90H102N8O38S3/c1-94(17-19-123-21-23-124-22-20-122-18-16-92-93-91)81(111)49-8-13-61(131-88-80(110)77(107)74(104)69(40-101)134-88)66(29-49)136-139(118,119)135-54-27-47(43-125-64-32-57-55(30-62(64)120-2)82(112)95-36-50-14-24-137-70(50)34-59(95)84(114)97(57)89(116)127-41-45-4-9-52(10-5-45)129-86-78(108)75(105)72(102)67(38-99)132-86)26-48(28-54)44-126-65-33-58-56(31-63(65)121-3)83(113)96-37-51-15-25-138-71(51)35-60(96)85(115)98(58)90(117)128-42-46-6-11-53(12-7-46)130-87-79(109)76(106)73(103)68(39-100)133-87/h4-15,24-33,59-60,67-69,72-80,84-88,99-110,114-115H,16-23,34-44H2,1-3H3/t59-,60-,67+,68+,69+,72-,73-,74-,75-,76-,77-,78+,79+,80+,84?,85?,86+,87+,88+/m0/s1. The van der Waals surface area contributed by atoms with Crippen molar-refractivity contribution in [3.05, 3.63) is 202 Å². The fourth-order valence-electron chi connectivity index (χ4n) is 16.5. The quantitative estimate of drug-likeness (QED) is 0.0113. The third kappa shape index (κ3) is 23.0.